The Labute approximate surface area is 118 Å². The Bertz CT molecular complexity index is 450. The number of hydrogen-bond acceptors (Lipinski definition) is 4. The van der Waals surface area contributed by atoms with Crippen LogP contribution in [0.25, 0.3) is 0 Å². The lowest BCUT2D eigenvalue weighted by atomic mass is 10.2. The summed E-state index contributed by atoms with van der Waals surface area (Å²) in [4.78, 5) is 26.7. The molecular weight excluding hydrogens is 256 g/mol. The molecule has 6 heteroatoms. The smallest absolute Gasteiger partial charge is 0.242 e. The summed E-state index contributed by atoms with van der Waals surface area (Å²) < 4.78 is 0. The third-order valence-electron chi connectivity index (χ3n) is 3.19. The minimum Gasteiger partial charge on any atom is -0.354 e. The summed E-state index contributed by atoms with van der Waals surface area (Å²) in [6.45, 7) is 2.22. The van der Waals surface area contributed by atoms with Crippen molar-refractivity contribution in [1.82, 2.24) is 20.9 Å². The van der Waals surface area contributed by atoms with Crippen LogP contribution in [0.3, 0.4) is 0 Å². The van der Waals surface area contributed by atoms with E-state index in [1.807, 2.05) is 18.3 Å². The molecule has 108 valence electrons. The van der Waals surface area contributed by atoms with Gasteiger partial charge in [0.2, 0.25) is 11.8 Å². The van der Waals surface area contributed by atoms with E-state index in [0.29, 0.717) is 19.4 Å². The van der Waals surface area contributed by atoms with Crippen molar-refractivity contribution in [2.75, 3.05) is 13.1 Å². The SMILES string of the molecule is O=C1CC[C@@H](C(=O)NCCCNCc2cccnc2)N1. The zero-order valence-corrected chi connectivity index (χ0v) is 11.4. The number of nitrogens with zero attached hydrogens (tertiary/aromatic N) is 1. The molecule has 1 aliphatic rings. The first-order valence-electron chi connectivity index (χ1n) is 6.92. The molecule has 1 atom stereocenters. The monoisotopic (exact) mass is 276 g/mol. The topological polar surface area (TPSA) is 83.1 Å². The lowest BCUT2D eigenvalue weighted by molar-refractivity contribution is -0.125. The van der Waals surface area contributed by atoms with Gasteiger partial charge in [0, 0.05) is 31.9 Å². The molecular formula is C14H20N4O2. The normalized spacial score (nSPS) is 17.8. The molecule has 0 radical (unpaired) electrons. The van der Waals surface area contributed by atoms with Gasteiger partial charge in [0.25, 0.3) is 0 Å². The van der Waals surface area contributed by atoms with Crippen molar-refractivity contribution in [3.05, 3.63) is 30.1 Å². The van der Waals surface area contributed by atoms with Gasteiger partial charge in [-0.2, -0.15) is 0 Å². The minimum atomic E-state index is -0.342. The number of aromatic nitrogens is 1. The van der Waals surface area contributed by atoms with Gasteiger partial charge in [-0.05, 0) is 31.0 Å². The highest BCUT2D eigenvalue weighted by Crippen LogP contribution is 2.05. The molecule has 6 nitrogen and oxygen atoms in total. The third-order valence-corrected chi connectivity index (χ3v) is 3.19. The second-order valence-corrected chi connectivity index (χ2v) is 4.84. The summed E-state index contributed by atoms with van der Waals surface area (Å²) >= 11 is 0. The number of carbonyl (C=O) groups excluding carboxylic acids is 2. The quantitative estimate of drug-likeness (QED) is 0.610. The molecule has 0 aliphatic carbocycles. The highest BCUT2D eigenvalue weighted by atomic mass is 16.2. The molecule has 1 aromatic rings. The summed E-state index contributed by atoms with van der Waals surface area (Å²) in [7, 11) is 0. The van der Waals surface area contributed by atoms with Crippen molar-refractivity contribution >= 4 is 11.8 Å². The van der Waals surface area contributed by atoms with Crippen LogP contribution in [-0.4, -0.2) is 35.9 Å². The van der Waals surface area contributed by atoms with Gasteiger partial charge in [0.05, 0.1) is 0 Å². The first-order valence-corrected chi connectivity index (χ1v) is 6.92. The largest absolute Gasteiger partial charge is 0.354 e. The van der Waals surface area contributed by atoms with E-state index in [-0.39, 0.29) is 17.9 Å². The van der Waals surface area contributed by atoms with E-state index in [1.165, 1.54) is 0 Å². The summed E-state index contributed by atoms with van der Waals surface area (Å²) in [6.07, 6.45) is 5.49. The maximum Gasteiger partial charge on any atom is 0.242 e. The highest BCUT2D eigenvalue weighted by Gasteiger charge is 2.26. The molecule has 1 saturated heterocycles. The van der Waals surface area contributed by atoms with Crippen LogP contribution in [0.15, 0.2) is 24.5 Å². The van der Waals surface area contributed by atoms with E-state index < -0.39 is 0 Å². The zero-order valence-electron chi connectivity index (χ0n) is 11.4. The van der Waals surface area contributed by atoms with Gasteiger partial charge in [0.15, 0.2) is 0 Å². The lowest BCUT2D eigenvalue weighted by Gasteiger charge is -2.11. The van der Waals surface area contributed by atoms with E-state index in [0.717, 1.165) is 25.1 Å². The predicted molar refractivity (Wildman–Crippen MR) is 74.7 cm³/mol. The Kier molecular flexibility index (Phi) is 5.49. The average molecular weight is 276 g/mol. The van der Waals surface area contributed by atoms with Crippen molar-refractivity contribution in [2.45, 2.75) is 31.8 Å². The van der Waals surface area contributed by atoms with E-state index in [9.17, 15) is 9.59 Å². The maximum atomic E-state index is 11.7. The first-order chi connectivity index (χ1) is 9.75. The Morgan fingerprint density at radius 1 is 1.45 bits per heavy atom. The van der Waals surface area contributed by atoms with Crippen LogP contribution in [0, 0.1) is 0 Å². The molecule has 0 saturated carbocycles. The Morgan fingerprint density at radius 2 is 2.35 bits per heavy atom. The predicted octanol–water partition coefficient (Wildman–Crippen LogP) is -0.0439. The van der Waals surface area contributed by atoms with Crippen LogP contribution in [0.5, 0.6) is 0 Å². The molecule has 1 aromatic heterocycles. The number of rotatable bonds is 7. The van der Waals surface area contributed by atoms with Crippen LogP contribution in [0.2, 0.25) is 0 Å². The lowest BCUT2D eigenvalue weighted by Crippen LogP contribution is -2.42. The van der Waals surface area contributed by atoms with Gasteiger partial charge in [0.1, 0.15) is 6.04 Å². The molecule has 2 heterocycles. The summed E-state index contributed by atoms with van der Waals surface area (Å²) in [5.74, 6) is -0.119. The number of carbonyl (C=O) groups is 2. The van der Waals surface area contributed by atoms with E-state index >= 15 is 0 Å². The number of pyridine rings is 1. The standard InChI is InChI=1S/C14H20N4O2/c19-13-5-4-12(18-13)14(20)17-8-2-7-16-10-11-3-1-6-15-9-11/h1,3,6,9,12,16H,2,4-5,7-8,10H2,(H,17,20)(H,18,19)/t12-/m0/s1. The molecule has 2 amide bonds. The van der Waals surface area contributed by atoms with Crippen LogP contribution >= 0.6 is 0 Å². The van der Waals surface area contributed by atoms with Crippen molar-refractivity contribution in [3.63, 3.8) is 0 Å². The third kappa shape index (κ3) is 4.62. The van der Waals surface area contributed by atoms with Crippen molar-refractivity contribution < 1.29 is 9.59 Å². The van der Waals surface area contributed by atoms with Gasteiger partial charge in [-0.25, -0.2) is 0 Å². The Hall–Kier alpha value is -1.95. The summed E-state index contributed by atoms with van der Waals surface area (Å²) in [5.41, 5.74) is 1.14. The summed E-state index contributed by atoms with van der Waals surface area (Å²) in [6, 6.07) is 3.59. The fraction of sp³-hybridized carbons (Fsp3) is 0.500. The maximum absolute atomic E-state index is 11.7. The second-order valence-electron chi connectivity index (χ2n) is 4.84. The molecule has 2 rings (SSSR count). The number of amides is 2. The average Bonchev–Trinajstić information content (AvgIpc) is 2.90. The number of hydrogen-bond donors (Lipinski definition) is 3. The van der Waals surface area contributed by atoms with Gasteiger partial charge >= 0.3 is 0 Å². The highest BCUT2D eigenvalue weighted by molar-refractivity contribution is 5.90. The first kappa shape index (κ1) is 14.5. The van der Waals surface area contributed by atoms with E-state index in [2.05, 4.69) is 20.9 Å². The molecule has 1 aliphatic heterocycles. The fourth-order valence-electron chi connectivity index (χ4n) is 2.09. The van der Waals surface area contributed by atoms with Crippen molar-refractivity contribution in [1.29, 1.82) is 0 Å². The molecule has 20 heavy (non-hydrogen) atoms. The van der Waals surface area contributed by atoms with Gasteiger partial charge < -0.3 is 16.0 Å². The molecule has 0 unspecified atom stereocenters. The van der Waals surface area contributed by atoms with Crippen molar-refractivity contribution in [3.8, 4) is 0 Å². The van der Waals surface area contributed by atoms with Gasteiger partial charge in [-0.3, -0.25) is 14.6 Å². The molecule has 3 N–H and O–H groups in total. The van der Waals surface area contributed by atoms with E-state index in [1.54, 1.807) is 6.20 Å². The molecule has 1 fully saturated rings. The minimum absolute atomic E-state index is 0.0386. The molecule has 0 aromatic carbocycles. The Balaban J connectivity index is 1.51. The second kappa shape index (κ2) is 7.59. The summed E-state index contributed by atoms with van der Waals surface area (Å²) in [5, 5.41) is 8.78. The fourth-order valence-corrected chi connectivity index (χ4v) is 2.09. The van der Waals surface area contributed by atoms with Gasteiger partial charge in [-0.15, -0.1) is 0 Å². The zero-order chi connectivity index (χ0) is 14.2. The van der Waals surface area contributed by atoms with Gasteiger partial charge in [-0.1, -0.05) is 6.07 Å². The van der Waals surface area contributed by atoms with Crippen LogP contribution in [0.4, 0.5) is 0 Å². The van der Waals surface area contributed by atoms with E-state index in [4.69, 9.17) is 0 Å². The molecule has 0 spiro atoms. The van der Waals surface area contributed by atoms with Crippen LogP contribution < -0.4 is 16.0 Å². The van der Waals surface area contributed by atoms with Crippen LogP contribution in [0.1, 0.15) is 24.8 Å². The molecule has 0 bridgehead atoms. The van der Waals surface area contributed by atoms with Crippen molar-refractivity contribution in [2.24, 2.45) is 0 Å². The Morgan fingerprint density at radius 3 is 3.05 bits per heavy atom. The number of nitrogens with one attached hydrogen (secondary N) is 3. The van der Waals surface area contributed by atoms with Crippen LogP contribution in [-0.2, 0) is 16.1 Å².